The van der Waals surface area contributed by atoms with Crippen LogP contribution in [0.1, 0.15) is 18.1 Å². The number of nitrogens with zero attached hydrogens (tertiary/aromatic N) is 1. The maximum absolute atomic E-state index is 6.08. The van der Waals surface area contributed by atoms with Crippen LogP contribution in [0, 0.1) is 3.57 Å². The van der Waals surface area contributed by atoms with Crippen molar-refractivity contribution >= 4 is 50.4 Å². The van der Waals surface area contributed by atoms with Crippen LogP contribution in [0.25, 0.3) is 0 Å². The summed E-state index contributed by atoms with van der Waals surface area (Å²) in [7, 11) is 1.65. The molecule has 0 atom stereocenters. The van der Waals surface area contributed by atoms with E-state index >= 15 is 0 Å². The minimum atomic E-state index is 0.475. The Hall–Kier alpha value is -2.06. The van der Waals surface area contributed by atoms with Crippen molar-refractivity contribution in [3.05, 3.63) is 79.8 Å². The van der Waals surface area contributed by atoms with Gasteiger partial charge in [0, 0.05) is 10.7 Å². The maximum Gasteiger partial charge on any atom is 0.175 e. The smallest absolute Gasteiger partial charge is 0.175 e. The van der Waals surface area contributed by atoms with Gasteiger partial charge in [-0.2, -0.15) is 0 Å². The SMILES string of the molecule is CCOc1cc(C=Nc2ccc(OC)cc2)cc(I)c1OCc1ccc(Br)cc1. The molecule has 0 saturated heterocycles. The lowest BCUT2D eigenvalue weighted by atomic mass is 10.2. The third kappa shape index (κ3) is 6.21. The van der Waals surface area contributed by atoms with Gasteiger partial charge in [-0.3, -0.25) is 4.99 Å². The van der Waals surface area contributed by atoms with E-state index in [9.17, 15) is 0 Å². The Morgan fingerprint density at radius 3 is 2.38 bits per heavy atom. The van der Waals surface area contributed by atoms with E-state index in [-0.39, 0.29) is 0 Å². The van der Waals surface area contributed by atoms with Crippen molar-refractivity contribution in [1.29, 1.82) is 0 Å². The number of hydrogen-bond acceptors (Lipinski definition) is 4. The number of aliphatic imine (C=N–C) groups is 1. The standard InChI is InChI=1S/C23H21BrINO3/c1-3-28-22-13-17(14-26-19-8-10-20(27-2)11-9-19)12-21(25)23(22)29-15-16-4-6-18(24)7-5-16/h4-14H,3,15H2,1-2H3. The zero-order valence-electron chi connectivity index (χ0n) is 16.2. The summed E-state index contributed by atoms with van der Waals surface area (Å²) in [5.74, 6) is 2.27. The highest BCUT2D eigenvalue weighted by atomic mass is 127. The lowest BCUT2D eigenvalue weighted by Crippen LogP contribution is -2.02. The van der Waals surface area contributed by atoms with Crippen molar-refractivity contribution in [2.75, 3.05) is 13.7 Å². The van der Waals surface area contributed by atoms with Gasteiger partial charge in [-0.25, -0.2) is 0 Å². The van der Waals surface area contributed by atoms with Crippen LogP contribution in [-0.4, -0.2) is 19.9 Å². The molecule has 0 heterocycles. The van der Waals surface area contributed by atoms with Crippen molar-refractivity contribution < 1.29 is 14.2 Å². The highest BCUT2D eigenvalue weighted by Crippen LogP contribution is 2.34. The summed E-state index contributed by atoms with van der Waals surface area (Å²) < 4.78 is 19.1. The van der Waals surface area contributed by atoms with Gasteiger partial charge in [0.15, 0.2) is 11.5 Å². The Balaban J connectivity index is 1.79. The highest BCUT2D eigenvalue weighted by molar-refractivity contribution is 14.1. The van der Waals surface area contributed by atoms with E-state index in [0.29, 0.717) is 19.0 Å². The molecule has 0 radical (unpaired) electrons. The number of methoxy groups -OCH3 is 1. The van der Waals surface area contributed by atoms with Crippen LogP contribution in [-0.2, 0) is 6.61 Å². The van der Waals surface area contributed by atoms with E-state index in [2.05, 4.69) is 43.5 Å². The molecule has 0 aromatic heterocycles. The van der Waals surface area contributed by atoms with Crippen LogP contribution in [0.4, 0.5) is 5.69 Å². The van der Waals surface area contributed by atoms with Gasteiger partial charge in [-0.1, -0.05) is 28.1 Å². The number of halogens is 2. The molecule has 0 amide bonds. The first-order chi connectivity index (χ1) is 14.1. The van der Waals surface area contributed by atoms with Gasteiger partial charge in [0.2, 0.25) is 0 Å². The fourth-order valence-electron chi connectivity index (χ4n) is 2.62. The van der Waals surface area contributed by atoms with Gasteiger partial charge >= 0.3 is 0 Å². The quantitative estimate of drug-likeness (QED) is 0.223. The molecule has 0 spiro atoms. The topological polar surface area (TPSA) is 40.0 Å². The fraction of sp³-hybridized carbons (Fsp3) is 0.174. The van der Waals surface area contributed by atoms with E-state index in [1.807, 2.05) is 73.8 Å². The van der Waals surface area contributed by atoms with E-state index in [4.69, 9.17) is 14.2 Å². The molecule has 3 rings (SSSR count). The van der Waals surface area contributed by atoms with Crippen LogP contribution in [0.15, 0.2) is 70.1 Å². The first-order valence-corrected chi connectivity index (χ1v) is 11.0. The number of rotatable bonds is 8. The summed E-state index contributed by atoms with van der Waals surface area (Å²) in [6.07, 6.45) is 1.82. The summed E-state index contributed by atoms with van der Waals surface area (Å²) in [4.78, 5) is 4.54. The van der Waals surface area contributed by atoms with E-state index < -0.39 is 0 Å². The first-order valence-electron chi connectivity index (χ1n) is 9.10. The Kier molecular flexibility index (Phi) is 7.94. The van der Waals surface area contributed by atoms with Gasteiger partial charge in [0.25, 0.3) is 0 Å². The monoisotopic (exact) mass is 565 g/mol. The molecule has 6 heteroatoms. The first kappa shape index (κ1) is 21.6. The zero-order valence-corrected chi connectivity index (χ0v) is 19.9. The fourth-order valence-corrected chi connectivity index (χ4v) is 3.66. The molecule has 4 nitrogen and oxygen atoms in total. The molecule has 0 aliphatic carbocycles. The van der Waals surface area contributed by atoms with Crippen LogP contribution in [0.3, 0.4) is 0 Å². The molecule has 0 fully saturated rings. The molecule has 150 valence electrons. The van der Waals surface area contributed by atoms with Gasteiger partial charge in [-0.05, 0) is 89.2 Å². The number of ether oxygens (including phenoxy) is 3. The third-order valence-electron chi connectivity index (χ3n) is 4.06. The van der Waals surface area contributed by atoms with Crippen molar-refractivity contribution in [2.45, 2.75) is 13.5 Å². The van der Waals surface area contributed by atoms with Gasteiger partial charge in [0.05, 0.1) is 23.0 Å². The summed E-state index contributed by atoms with van der Waals surface area (Å²) in [6.45, 7) is 3.00. The molecule has 0 saturated carbocycles. The van der Waals surface area contributed by atoms with Crippen LogP contribution in [0.2, 0.25) is 0 Å². The molecule has 0 aliphatic heterocycles. The minimum Gasteiger partial charge on any atom is -0.497 e. The molecule has 0 unspecified atom stereocenters. The second kappa shape index (κ2) is 10.6. The average molecular weight is 566 g/mol. The van der Waals surface area contributed by atoms with Crippen molar-refractivity contribution in [2.24, 2.45) is 4.99 Å². The second-order valence-electron chi connectivity index (χ2n) is 6.13. The van der Waals surface area contributed by atoms with Crippen LogP contribution in [0.5, 0.6) is 17.2 Å². The summed E-state index contributed by atoms with van der Waals surface area (Å²) in [5.41, 5.74) is 2.90. The van der Waals surface area contributed by atoms with Gasteiger partial charge in [-0.15, -0.1) is 0 Å². The number of benzene rings is 3. The van der Waals surface area contributed by atoms with E-state index in [1.165, 1.54) is 0 Å². The van der Waals surface area contributed by atoms with Crippen molar-refractivity contribution in [1.82, 2.24) is 0 Å². The molecular weight excluding hydrogens is 545 g/mol. The second-order valence-corrected chi connectivity index (χ2v) is 8.21. The minimum absolute atomic E-state index is 0.475. The summed E-state index contributed by atoms with van der Waals surface area (Å²) >= 11 is 5.72. The number of hydrogen-bond donors (Lipinski definition) is 0. The zero-order chi connectivity index (χ0) is 20.6. The molecule has 3 aromatic rings. The third-order valence-corrected chi connectivity index (χ3v) is 5.39. The molecule has 3 aromatic carbocycles. The van der Waals surface area contributed by atoms with E-state index in [1.54, 1.807) is 7.11 Å². The predicted octanol–water partition coefficient (Wildman–Crippen LogP) is 6.79. The maximum atomic E-state index is 6.08. The lowest BCUT2D eigenvalue weighted by molar-refractivity contribution is 0.267. The van der Waals surface area contributed by atoms with Crippen molar-refractivity contribution in [3.8, 4) is 17.2 Å². The van der Waals surface area contributed by atoms with E-state index in [0.717, 1.165) is 36.4 Å². The normalized spacial score (nSPS) is 10.9. The average Bonchev–Trinajstić information content (AvgIpc) is 2.73. The van der Waals surface area contributed by atoms with Gasteiger partial charge < -0.3 is 14.2 Å². The summed E-state index contributed by atoms with van der Waals surface area (Å²) in [6, 6.07) is 19.7. The Morgan fingerprint density at radius 2 is 1.72 bits per heavy atom. The van der Waals surface area contributed by atoms with Crippen LogP contribution < -0.4 is 14.2 Å². The molecule has 0 aliphatic rings. The largest absolute Gasteiger partial charge is 0.497 e. The molecule has 0 bridgehead atoms. The Bertz CT molecular complexity index is 973. The predicted molar refractivity (Wildman–Crippen MR) is 129 cm³/mol. The van der Waals surface area contributed by atoms with Gasteiger partial charge in [0.1, 0.15) is 12.4 Å². The lowest BCUT2D eigenvalue weighted by Gasteiger charge is -2.15. The highest BCUT2D eigenvalue weighted by Gasteiger charge is 2.12. The summed E-state index contributed by atoms with van der Waals surface area (Å²) in [5, 5.41) is 0. The Labute approximate surface area is 193 Å². The Morgan fingerprint density at radius 1 is 1.00 bits per heavy atom. The molecule has 0 N–H and O–H groups in total. The molecule has 29 heavy (non-hydrogen) atoms. The van der Waals surface area contributed by atoms with Crippen LogP contribution >= 0.6 is 38.5 Å². The van der Waals surface area contributed by atoms with Crippen molar-refractivity contribution in [3.63, 3.8) is 0 Å². The molecular formula is C23H21BrINO3.